The molecule has 3 heterocycles. The molecule has 1 aromatic carbocycles. The molecule has 3 aromatic heterocycles. The molecule has 0 atom stereocenters. The van der Waals surface area contributed by atoms with Gasteiger partial charge in [0, 0.05) is 18.1 Å². The largest absolute Gasteiger partial charge is 0.336 e. The number of aryl methyl sites for hydroxylation is 3. The minimum Gasteiger partial charge on any atom is -0.336 e. The molecular formula is C21H23N5OS. The number of amides is 1. The van der Waals surface area contributed by atoms with Crippen LogP contribution >= 0.6 is 11.3 Å². The molecule has 0 saturated carbocycles. The Morgan fingerprint density at radius 1 is 1.11 bits per heavy atom. The maximum atomic E-state index is 13.3. The van der Waals surface area contributed by atoms with Crippen molar-refractivity contribution in [3.05, 3.63) is 69.7 Å². The van der Waals surface area contributed by atoms with E-state index >= 15 is 0 Å². The lowest BCUT2D eigenvalue weighted by Crippen LogP contribution is -2.28. The minimum absolute atomic E-state index is 0.0292. The average molecular weight is 394 g/mol. The zero-order valence-corrected chi connectivity index (χ0v) is 17.5. The van der Waals surface area contributed by atoms with Crippen LogP contribution in [0.4, 0.5) is 0 Å². The van der Waals surface area contributed by atoms with Gasteiger partial charge in [0.2, 0.25) is 0 Å². The Kier molecular flexibility index (Phi) is 4.55. The van der Waals surface area contributed by atoms with Crippen molar-refractivity contribution in [2.24, 2.45) is 0 Å². The van der Waals surface area contributed by atoms with Crippen LogP contribution in [0, 0.1) is 27.7 Å². The van der Waals surface area contributed by atoms with Gasteiger partial charge in [0.05, 0.1) is 40.6 Å². The van der Waals surface area contributed by atoms with E-state index in [1.54, 1.807) is 16.2 Å². The van der Waals surface area contributed by atoms with E-state index in [1.807, 2.05) is 62.8 Å². The standard InChI is InChI=1S/C21H23N5OS/c1-13-11-25-18(14(2)22-21(25)28-13)12-24(5)20(27)19-15(3)23-26(16(19)4)17-9-7-6-8-10-17/h6-11H,12H2,1-5H3. The summed E-state index contributed by atoms with van der Waals surface area (Å²) >= 11 is 1.66. The molecular weight excluding hydrogens is 370 g/mol. The Morgan fingerprint density at radius 2 is 1.82 bits per heavy atom. The van der Waals surface area contributed by atoms with E-state index in [0.717, 1.165) is 33.4 Å². The van der Waals surface area contributed by atoms with Crippen LogP contribution < -0.4 is 0 Å². The lowest BCUT2D eigenvalue weighted by molar-refractivity contribution is 0.0781. The predicted octanol–water partition coefficient (Wildman–Crippen LogP) is 4.09. The Bertz CT molecular complexity index is 1170. The third kappa shape index (κ3) is 3.01. The summed E-state index contributed by atoms with van der Waals surface area (Å²) in [6.07, 6.45) is 2.08. The first-order valence-corrected chi connectivity index (χ1v) is 9.99. The van der Waals surface area contributed by atoms with Gasteiger partial charge >= 0.3 is 0 Å². The van der Waals surface area contributed by atoms with Crippen LogP contribution in [0.2, 0.25) is 0 Å². The average Bonchev–Trinajstić information content (AvgIpc) is 3.26. The van der Waals surface area contributed by atoms with Gasteiger partial charge in [-0.05, 0) is 39.8 Å². The highest BCUT2D eigenvalue weighted by Crippen LogP contribution is 2.23. The molecule has 7 heteroatoms. The number of nitrogens with zero attached hydrogens (tertiary/aromatic N) is 5. The second kappa shape index (κ2) is 6.91. The van der Waals surface area contributed by atoms with Crippen molar-refractivity contribution in [2.45, 2.75) is 34.2 Å². The molecule has 4 rings (SSSR count). The molecule has 0 unspecified atom stereocenters. The van der Waals surface area contributed by atoms with Crippen LogP contribution in [0.15, 0.2) is 36.5 Å². The maximum absolute atomic E-state index is 13.3. The van der Waals surface area contributed by atoms with Gasteiger partial charge < -0.3 is 4.90 Å². The molecule has 1 amide bonds. The molecule has 0 aliphatic heterocycles. The minimum atomic E-state index is -0.0292. The number of benzene rings is 1. The Hall–Kier alpha value is -2.93. The number of hydrogen-bond donors (Lipinski definition) is 0. The van der Waals surface area contributed by atoms with Crippen molar-refractivity contribution in [2.75, 3.05) is 7.05 Å². The van der Waals surface area contributed by atoms with Crippen molar-refractivity contribution in [3.8, 4) is 5.69 Å². The molecule has 0 aliphatic carbocycles. The first kappa shape index (κ1) is 18.4. The molecule has 6 nitrogen and oxygen atoms in total. The van der Waals surface area contributed by atoms with Crippen LogP contribution in [0.5, 0.6) is 0 Å². The van der Waals surface area contributed by atoms with Crippen molar-refractivity contribution in [1.82, 2.24) is 24.1 Å². The van der Waals surface area contributed by atoms with Crippen molar-refractivity contribution >= 4 is 22.2 Å². The molecule has 0 spiro atoms. The molecule has 144 valence electrons. The summed E-state index contributed by atoms with van der Waals surface area (Å²) in [5.41, 5.74) is 5.19. The van der Waals surface area contributed by atoms with Gasteiger partial charge in [-0.2, -0.15) is 5.10 Å². The lowest BCUT2D eigenvalue weighted by Gasteiger charge is -2.17. The van der Waals surface area contributed by atoms with Gasteiger partial charge in [-0.1, -0.05) is 18.2 Å². The zero-order chi connectivity index (χ0) is 20.0. The molecule has 0 saturated heterocycles. The summed E-state index contributed by atoms with van der Waals surface area (Å²) < 4.78 is 3.92. The number of carbonyl (C=O) groups excluding carboxylic acids is 1. The summed E-state index contributed by atoms with van der Waals surface area (Å²) in [6.45, 7) is 8.39. The molecule has 4 aromatic rings. The van der Waals surface area contributed by atoms with E-state index in [9.17, 15) is 4.79 Å². The quantitative estimate of drug-likeness (QED) is 0.525. The van der Waals surface area contributed by atoms with E-state index in [4.69, 9.17) is 0 Å². The predicted molar refractivity (Wildman–Crippen MR) is 111 cm³/mol. The Morgan fingerprint density at radius 3 is 2.54 bits per heavy atom. The number of imidazole rings is 1. The highest BCUT2D eigenvalue weighted by atomic mass is 32.1. The van der Waals surface area contributed by atoms with E-state index in [1.165, 1.54) is 4.88 Å². The SMILES string of the molecule is Cc1cn2c(CN(C)C(=O)c3c(C)nn(-c4ccccc4)c3C)c(C)nc2s1. The number of aromatic nitrogens is 4. The van der Waals surface area contributed by atoms with Gasteiger partial charge in [-0.25, -0.2) is 9.67 Å². The fourth-order valence-corrected chi connectivity index (χ4v) is 4.45. The van der Waals surface area contributed by atoms with Gasteiger partial charge in [0.25, 0.3) is 5.91 Å². The molecule has 0 radical (unpaired) electrons. The normalized spacial score (nSPS) is 11.3. The highest BCUT2D eigenvalue weighted by molar-refractivity contribution is 7.17. The van der Waals surface area contributed by atoms with Gasteiger partial charge in [-0.15, -0.1) is 11.3 Å². The van der Waals surface area contributed by atoms with Crippen molar-refractivity contribution in [1.29, 1.82) is 0 Å². The molecule has 0 N–H and O–H groups in total. The molecule has 0 fully saturated rings. The van der Waals surface area contributed by atoms with Crippen LogP contribution in [-0.4, -0.2) is 37.0 Å². The summed E-state index contributed by atoms with van der Waals surface area (Å²) in [4.78, 5) is 21.8. The van der Waals surface area contributed by atoms with Gasteiger partial charge in [0.1, 0.15) is 0 Å². The Balaban J connectivity index is 1.66. The number of fused-ring (bicyclic) bond motifs is 1. The van der Waals surface area contributed by atoms with E-state index in [2.05, 4.69) is 27.6 Å². The number of hydrogen-bond acceptors (Lipinski definition) is 4. The summed E-state index contributed by atoms with van der Waals surface area (Å²) in [5.74, 6) is -0.0292. The van der Waals surface area contributed by atoms with Gasteiger partial charge in [0.15, 0.2) is 4.96 Å². The highest BCUT2D eigenvalue weighted by Gasteiger charge is 2.24. The third-order valence-electron chi connectivity index (χ3n) is 4.98. The topological polar surface area (TPSA) is 55.4 Å². The molecule has 0 aliphatic rings. The number of para-hydroxylation sites is 1. The summed E-state index contributed by atoms with van der Waals surface area (Å²) in [5, 5.41) is 4.61. The summed E-state index contributed by atoms with van der Waals surface area (Å²) in [7, 11) is 1.83. The van der Waals surface area contributed by atoms with Gasteiger partial charge in [-0.3, -0.25) is 9.20 Å². The second-order valence-corrected chi connectivity index (χ2v) is 8.31. The lowest BCUT2D eigenvalue weighted by atomic mass is 10.1. The number of carbonyl (C=O) groups is 1. The summed E-state index contributed by atoms with van der Waals surface area (Å²) in [6, 6.07) is 9.88. The van der Waals surface area contributed by atoms with Crippen LogP contribution in [0.1, 0.15) is 38.0 Å². The maximum Gasteiger partial charge on any atom is 0.257 e. The fraction of sp³-hybridized carbons (Fsp3) is 0.286. The fourth-order valence-electron chi connectivity index (χ4n) is 3.56. The Labute approximate surface area is 168 Å². The van der Waals surface area contributed by atoms with Crippen LogP contribution in [0.25, 0.3) is 10.6 Å². The molecule has 28 heavy (non-hydrogen) atoms. The zero-order valence-electron chi connectivity index (χ0n) is 16.7. The van der Waals surface area contributed by atoms with Crippen LogP contribution in [0.3, 0.4) is 0 Å². The number of rotatable bonds is 4. The third-order valence-corrected chi connectivity index (χ3v) is 5.88. The first-order valence-electron chi connectivity index (χ1n) is 9.18. The second-order valence-electron chi connectivity index (χ2n) is 7.09. The van der Waals surface area contributed by atoms with Crippen molar-refractivity contribution < 1.29 is 4.79 Å². The number of thiazole rings is 1. The monoisotopic (exact) mass is 393 g/mol. The molecule has 0 bridgehead atoms. The van der Waals surface area contributed by atoms with E-state index in [-0.39, 0.29) is 5.91 Å². The van der Waals surface area contributed by atoms with E-state index < -0.39 is 0 Å². The van der Waals surface area contributed by atoms with Crippen LogP contribution in [-0.2, 0) is 6.54 Å². The first-order chi connectivity index (χ1) is 13.4. The van der Waals surface area contributed by atoms with E-state index in [0.29, 0.717) is 12.1 Å². The van der Waals surface area contributed by atoms with Crippen molar-refractivity contribution in [3.63, 3.8) is 0 Å². The smallest absolute Gasteiger partial charge is 0.257 e.